The third kappa shape index (κ3) is 5.99. The lowest BCUT2D eigenvalue weighted by atomic mass is 10.1. The van der Waals surface area contributed by atoms with Gasteiger partial charge in [-0.15, -0.1) is 0 Å². The number of hydrogen-bond donors (Lipinski definition) is 1. The van der Waals surface area contributed by atoms with Gasteiger partial charge in [0, 0.05) is 39.7 Å². The van der Waals surface area contributed by atoms with E-state index in [4.69, 9.17) is 13.9 Å². The number of rotatable bonds is 6. The molecule has 0 amide bonds. The van der Waals surface area contributed by atoms with E-state index in [1.54, 1.807) is 0 Å². The standard InChI is InChI=1S/C19H30BrN3O3/c1-21-19(22-10-7-16-5-6-18(20)26-16)23-11-8-15(9-12-23)25-14-17-4-2-3-13-24-17/h5-6,15,17H,2-4,7-14H2,1H3,(H,21,22). The van der Waals surface area contributed by atoms with E-state index in [-0.39, 0.29) is 0 Å². The van der Waals surface area contributed by atoms with Gasteiger partial charge in [-0.2, -0.15) is 0 Å². The summed E-state index contributed by atoms with van der Waals surface area (Å²) >= 11 is 3.33. The maximum atomic E-state index is 6.10. The van der Waals surface area contributed by atoms with E-state index in [0.717, 1.165) is 74.9 Å². The first-order valence-electron chi connectivity index (χ1n) is 9.67. The van der Waals surface area contributed by atoms with Gasteiger partial charge in [0.25, 0.3) is 0 Å². The average molecular weight is 428 g/mol. The minimum absolute atomic E-state index is 0.304. The van der Waals surface area contributed by atoms with E-state index in [0.29, 0.717) is 12.2 Å². The molecule has 3 heterocycles. The van der Waals surface area contributed by atoms with Gasteiger partial charge in [0.15, 0.2) is 10.6 Å². The number of furan rings is 1. The maximum absolute atomic E-state index is 6.10. The van der Waals surface area contributed by atoms with Gasteiger partial charge in [0.05, 0.1) is 18.8 Å². The molecule has 1 N–H and O–H groups in total. The Bertz CT molecular complexity index is 564. The molecule has 0 spiro atoms. The largest absolute Gasteiger partial charge is 0.454 e. The molecule has 1 unspecified atom stereocenters. The van der Waals surface area contributed by atoms with E-state index in [9.17, 15) is 0 Å². The van der Waals surface area contributed by atoms with Gasteiger partial charge < -0.3 is 24.1 Å². The topological polar surface area (TPSA) is 59.2 Å². The number of nitrogens with one attached hydrogen (secondary N) is 1. The average Bonchev–Trinajstić information content (AvgIpc) is 3.10. The smallest absolute Gasteiger partial charge is 0.193 e. The first-order chi connectivity index (χ1) is 12.7. The van der Waals surface area contributed by atoms with Crippen LogP contribution in [0.4, 0.5) is 0 Å². The number of aliphatic imine (C=N–C) groups is 1. The summed E-state index contributed by atoms with van der Waals surface area (Å²) in [5, 5.41) is 3.44. The summed E-state index contributed by atoms with van der Waals surface area (Å²) in [6.45, 7) is 4.40. The summed E-state index contributed by atoms with van der Waals surface area (Å²) in [6, 6.07) is 3.92. The van der Waals surface area contributed by atoms with Crippen molar-refractivity contribution in [3.8, 4) is 0 Å². The van der Waals surface area contributed by atoms with Crippen molar-refractivity contribution in [3.63, 3.8) is 0 Å². The first kappa shape index (κ1) is 19.7. The molecule has 6 nitrogen and oxygen atoms in total. The van der Waals surface area contributed by atoms with Crippen molar-refractivity contribution in [2.45, 2.75) is 50.7 Å². The van der Waals surface area contributed by atoms with Crippen molar-refractivity contribution < 1.29 is 13.9 Å². The molecular weight excluding hydrogens is 398 g/mol. The van der Waals surface area contributed by atoms with E-state index in [2.05, 4.69) is 31.1 Å². The van der Waals surface area contributed by atoms with Crippen LogP contribution in [0.25, 0.3) is 0 Å². The Hall–Kier alpha value is -1.05. The number of piperidine rings is 1. The van der Waals surface area contributed by atoms with Crippen LogP contribution < -0.4 is 5.32 Å². The minimum Gasteiger partial charge on any atom is -0.454 e. The molecule has 146 valence electrons. The van der Waals surface area contributed by atoms with E-state index in [1.807, 2.05) is 19.2 Å². The summed E-state index contributed by atoms with van der Waals surface area (Å²) < 4.78 is 18.2. The van der Waals surface area contributed by atoms with Crippen molar-refractivity contribution in [2.24, 2.45) is 4.99 Å². The van der Waals surface area contributed by atoms with Crippen molar-refractivity contribution in [2.75, 3.05) is 39.9 Å². The Morgan fingerprint density at radius 1 is 1.31 bits per heavy atom. The predicted octanol–water partition coefficient (Wildman–Crippen LogP) is 3.21. The molecule has 1 aromatic heterocycles. The van der Waals surface area contributed by atoms with Gasteiger partial charge >= 0.3 is 0 Å². The highest BCUT2D eigenvalue weighted by molar-refractivity contribution is 9.10. The molecule has 26 heavy (non-hydrogen) atoms. The molecule has 0 saturated carbocycles. The number of halogens is 1. The second kappa shape index (κ2) is 10.3. The van der Waals surface area contributed by atoms with Gasteiger partial charge in [0.1, 0.15) is 5.76 Å². The van der Waals surface area contributed by atoms with Crippen LogP contribution >= 0.6 is 15.9 Å². The van der Waals surface area contributed by atoms with Crippen LogP contribution in [-0.2, 0) is 15.9 Å². The zero-order valence-electron chi connectivity index (χ0n) is 15.6. The number of nitrogens with zero attached hydrogens (tertiary/aromatic N) is 2. The molecule has 2 saturated heterocycles. The van der Waals surface area contributed by atoms with Crippen LogP contribution in [0.3, 0.4) is 0 Å². The van der Waals surface area contributed by atoms with Gasteiger partial charge in [-0.25, -0.2) is 0 Å². The van der Waals surface area contributed by atoms with Gasteiger partial charge in [-0.1, -0.05) is 0 Å². The first-order valence-corrected chi connectivity index (χ1v) is 10.5. The molecule has 2 aliphatic rings. The Morgan fingerprint density at radius 2 is 2.15 bits per heavy atom. The van der Waals surface area contributed by atoms with Crippen LogP contribution in [-0.4, -0.2) is 63.0 Å². The Morgan fingerprint density at radius 3 is 2.81 bits per heavy atom. The maximum Gasteiger partial charge on any atom is 0.193 e. The third-order valence-electron chi connectivity index (χ3n) is 5.03. The molecule has 1 atom stereocenters. The molecule has 0 aliphatic carbocycles. The number of hydrogen-bond acceptors (Lipinski definition) is 4. The Kier molecular flexibility index (Phi) is 7.83. The SMILES string of the molecule is CN=C(NCCc1ccc(Br)o1)N1CCC(OCC2CCCCO2)CC1. The van der Waals surface area contributed by atoms with Crippen LogP contribution in [0, 0.1) is 0 Å². The molecule has 3 rings (SSSR count). The van der Waals surface area contributed by atoms with E-state index < -0.39 is 0 Å². The monoisotopic (exact) mass is 427 g/mol. The zero-order valence-corrected chi connectivity index (χ0v) is 17.2. The summed E-state index contributed by atoms with van der Waals surface area (Å²) in [5.41, 5.74) is 0. The molecule has 7 heteroatoms. The normalized spacial score (nSPS) is 22.6. The highest BCUT2D eigenvalue weighted by Gasteiger charge is 2.23. The van der Waals surface area contributed by atoms with E-state index in [1.165, 1.54) is 12.8 Å². The summed E-state index contributed by atoms with van der Waals surface area (Å²) in [5.74, 6) is 1.93. The molecule has 0 radical (unpaired) electrons. The van der Waals surface area contributed by atoms with E-state index >= 15 is 0 Å². The lowest BCUT2D eigenvalue weighted by Crippen LogP contribution is -2.47. The summed E-state index contributed by atoms with van der Waals surface area (Å²) in [4.78, 5) is 6.74. The van der Waals surface area contributed by atoms with Crippen molar-refractivity contribution in [1.29, 1.82) is 0 Å². The molecule has 0 bridgehead atoms. The molecule has 1 aromatic rings. The number of guanidine groups is 1. The number of ether oxygens (including phenoxy) is 2. The molecule has 2 fully saturated rings. The lowest BCUT2D eigenvalue weighted by Gasteiger charge is -2.35. The quantitative estimate of drug-likeness (QED) is 0.557. The molecular formula is C19H30BrN3O3. The van der Waals surface area contributed by atoms with Crippen molar-refractivity contribution in [3.05, 3.63) is 22.6 Å². The van der Waals surface area contributed by atoms with Crippen LogP contribution in [0.2, 0.25) is 0 Å². The van der Waals surface area contributed by atoms with Crippen molar-refractivity contribution >= 4 is 21.9 Å². The fraction of sp³-hybridized carbons (Fsp3) is 0.737. The zero-order chi connectivity index (χ0) is 18.2. The second-order valence-corrected chi connectivity index (χ2v) is 7.72. The number of likely N-dealkylation sites (tertiary alicyclic amines) is 1. The van der Waals surface area contributed by atoms with Crippen LogP contribution in [0.1, 0.15) is 37.9 Å². The van der Waals surface area contributed by atoms with Crippen LogP contribution in [0.15, 0.2) is 26.2 Å². The Labute approximate surface area is 164 Å². The molecule has 2 aliphatic heterocycles. The highest BCUT2D eigenvalue weighted by Crippen LogP contribution is 2.18. The van der Waals surface area contributed by atoms with Gasteiger partial charge in [-0.3, -0.25) is 4.99 Å². The summed E-state index contributed by atoms with van der Waals surface area (Å²) in [7, 11) is 1.84. The fourth-order valence-electron chi connectivity index (χ4n) is 3.53. The highest BCUT2D eigenvalue weighted by atomic mass is 79.9. The van der Waals surface area contributed by atoms with Gasteiger partial charge in [0.2, 0.25) is 0 Å². The second-order valence-electron chi connectivity index (χ2n) is 6.94. The lowest BCUT2D eigenvalue weighted by molar-refractivity contribution is -0.0721. The van der Waals surface area contributed by atoms with Gasteiger partial charge in [-0.05, 0) is 60.2 Å². The van der Waals surface area contributed by atoms with Crippen LogP contribution in [0.5, 0.6) is 0 Å². The van der Waals surface area contributed by atoms with Crippen molar-refractivity contribution in [1.82, 2.24) is 10.2 Å². The predicted molar refractivity (Wildman–Crippen MR) is 106 cm³/mol. The Balaban J connectivity index is 1.34. The fourth-order valence-corrected chi connectivity index (χ4v) is 3.87. The minimum atomic E-state index is 0.304. The molecule has 0 aromatic carbocycles. The summed E-state index contributed by atoms with van der Waals surface area (Å²) in [6.07, 6.45) is 7.17. The third-order valence-corrected chi connectivity index (χ3v) is 5.45.